The molecule has 154 valence electrons. The highest BCUT2D eigenvalue weighted by molar-refractivity contribution is 6.21. The van der Waals surface area contributed by atoms with Gasteiger partial charge >= 0.3 is 5.97 Å². The van der Waals surface area contributed by atoms with Crippen LogP contribution in [0.2, 0.25) is 0 Å². The standard InChI is InChI=1S/C22H26N2O5/c25-19(17-10-3-4-11-18(17)22(28)29)23-12-6-5-7-14(23)13-24-20(26)15-8-1-2-9-16(15)21(24)27/h1-2,8-9,14,17-18H,3-7,10-13H2,(H,28,29). The Morgan fingerprint density at radius 3 is 2.10 bits per heavy atom. The highest BCUT2D eigenvalue weighted by Crippen LogP contribution is 2.34. The summed E-state index contributed by atoms with van der Waals surface area (Å²) < 4.78 is 0. The minimum atomic E-state index is -0.906. The summed E-state index contributed by atoms with van der Waals surface area (Å²) in [4.78, 5) is 53.4. The lowest BCUT2D eigenvalue weighted by Gasteiger charge is -2.41. The van der Waals surface area contributed by atoms with Gasteiger partial charge < -0.3 is 10.0 Å². The Kier molecular flexibility index (Phi) is 5.39. The van der Waals surface area contributed by atoms with Gasteiger partial charge in [-0.1, -0.05) is 25.0 Å². The topological polar surface area (TPSA) is 95.0 Å². The minimum Gasteiger partial charge on any atom is -0.481 e. The van der Waals surface area contributed by atoms with Crippen molar-refractivity contribution >= 4 is 23.7 Å². The second kappa shape index (κ2) is 7.97. The quantitative estimate of drug-likeness (QED) is 0.787. The van der Waals surface area contributed by atoms with Crippen molar-refractivity contribution in [3.8, 4) is 0 Å². The predicted molar refractivity (Wildman–Crippen MR) is 104 cm³/mol. The molecule has 1 aliphatic carbocycles. The van der Waals surface area contributed by atoms with Crippen molar-refractivity contribution in [1.29, 1.82) is 0 Å². The number of carbonyl (C=O) groups is 4. The Labute approximate surface area is 169 Å². The zero-order valence-electron chi connectivity index (χ0n) is 16.4. The first-order valence-corrected chi connectivity index (χ1v) is 10.5. The van der Waals surface area contributed by atoms with Gasteiger partial charge in [0.15, 0.2) is 0 Å². The summed E-state index contributed by atoms with van der Waals surface area (Å²) in [5.74, 6) is -2.81. The molecule has 7 nitrogen and oxygen atoms in total. The van der Waals surface area contributed by atoms with Crippen molar-refractivity contribution in [3.63, 3.8) is 0 Å². The first kappa shape index (κ1) is 19.6. The van der Waals surface area contributed by atoms with Crippen LogP contribution in [0.1, 0.15) is 65.7 Å². The Bertz CT molecular complexity index is 816. The number of carboxylic acid groups (broad SMARTS) is 1. The number of amides is 3. The molecule has 2 fully saturated rings. The molecule has 3 amide bonds. The van der Waals surface area contributed by atoms with E-state index in [1.54, 1.807) is 29.2 Å². The summed E-state index contributed by atoms with van der Waals surface area (Å²) >= 11 is 0. The van der Waals surface area contributed by atoms with Crippen LogP contribution < -0.4 is 0 Å². The van der Waals surface area contributed by atoms with E-state index in [1.807, 2.05) is 0 Å². The molecule has 0 spiro atoms. The van der Waals surface area contributed by atoms with E-state index in [4.69, 9.17) is 0 Å². The van der Waals surface area contributed by atoms with Gasteiger partial charge in [-0.3, -0.25) is 24.1 Å². The van der Waals surface area contributed by atoms with Gasteiger partial charge in [-0.05, 0) is 44.2 Å². The predicted octanol–water partition coefficient (Wildman–Crippen LogP) is 2.55. The SMILES string of the molecule is O=C(O)C1CCCCC1C(=O)N1CCCCC1CN1C(=O)c2ccccc2C1=O. The second-order valence-electron chi connectivity index (χ2n) is 8.28. The van der Waals surface area contributed by atoms with Crippen molar-refractivity contribution in [2.24, 2.45) is 11.8 Å². The van der Waals surface area contributed by atoms with Gasteiger partial charge in [0.1, 0.15) is 0 Å². The Balaban J connectivity index is 1.52. The number of benzene rings is 1. The van der Waals surface area contributed by atoms with E-state index in [9.17, 15) is 24.3 Å². The monoisotopic (exact) mass is 398 g/mol. The van der Waals surface area contributed by atoms with Gasteiger partial charge in [0.25, 0.3) is 11.8 Å². The number of hydrogen-bond acceptors (Lipinski definition) is 4. The number of nitrogens with zero attached hydrogens (tertiary/aromatic N) is 2. The molecular formula is C22H26N2O5. The van der Waals surface area contributed by atoms with Gasteiger partial charge in [0.05, 0.1) is 23.0 Å². The fraction of sp³-hybridized carbons (Fsp3) is 0.545. The van der Waals surface area contributed by atoms with Crippen LogP contribution in [-0.2, 0) is 9.59 Å². The van der Waals surface area contributed by atoms with Crippen LogP contribution in [0.3, 0.4) is 0 Å². The molecular weight excluding hydrogens is 372 g/mol. The smallest absolute Gasteiger partial charge is 0.307 e. The van der Waals surface area contributed by atoms with Crippen molar-refractivity contribution in [3.05, 3.63) is 35.4 Å². The molecule has 3 aliphatic rings. The van der Waals surface area contributed by atoms with Crippen LogP contribution in [0.4, 0.5) is 0 Å². The largest absolute Gasteiger partial charge is 0.481 e. The molecule has 3 atom stereocenters. The summed E-state index contributed by atoms with van der Waals surface area (Å²) in [6.45, 7) is 0.720. The fourth-order valence-electron chi connectivity index (χ4n) is 5.03. The lowest BCUT2D eigenvalue weighted by molar-refractivity contribution is -0.154. The maximum atomic E-state index is 13.3. The average molecular weight is 398 g/mol. The van der Waals surface area contributed by atoms with Gasteiger partial charge in [0, 0.05) is 19.1 Å². The second-order valence-corrected chi connectivity index (χ2v) is 8.28. The lowest BCUT2D eigenvalue weighted by Crippen LogP contribution is -2.53. The third-order valence-corrected chi connectivity index (χ3v) is 6.58. The molecule has 1 saturated heterocycles. The summed E-state index contributed by atoms with van der Waals surface area (Å²) in [5, 5.41) is 9.55. The third kappa shape index (κ3) is 3.54. The molecule has 1 saturated carbocycles. The molecule has 0 radical (unpaired) electrons. The Morgan fingerprint density at radius 2 is 1.48 bits per heavy atom. The Morgan fingerprint density at radius 1 is 0.897 bits per heavy atom. The molecule has 0 bridgehead atoms. The first-order valence-electron chi connectivity index (χ1n) is 10.5. The average Bonchev–Trinajstić information content (AvgIpc) is 2.99. The maximum Gasteiger partial charge on any atom is 0.307 e. The van der Waals surface area contributed by atoms with E-state index >= 15 is 0 Å². The molecule has 1 aromatic carbocycles. The molecule has 2 aliphatic heterocycles. The van der Waals surface area contributed by atoms with Crippen LogP contribution in [0.25, 0.3) is 0 Å². The number of hydrogen-bond donors (Lipinski definition) is 1. The third-order valence-electron chi connectivity index (χ3n) is 6.58. The van der Waals surface area contributed by atoms with E-state index in [0.29, 0.717) is 36.9 Å². The molecule has 29 heavy (non-hydrogen) atoms. The van der Waals surface area contributed by atoms with Crippen LogP contribution in [-0.4, -0.2) is 57.7 Å². The molecule has 2 heterocycles. The van der Waals surface area contributed by atoms with Gasteiger partial charge in [-0.15, -0.1) is 0 Å². The van der Waals surface area contributed by atoms with Gasteiger partial charge in [-0.25, -0.2) is 0 Å². The molecule has 4 rings (SSSR count). The number of carboxylic acids is 1. The lowest BCUT2D eigenvalue weighted by atomic mass is 9.78. The molecule has 7 heteroatoms. The van der Waals surface area contributed by atoms with Crippen LogP contribution >= 0.6 is 0 Å². The van der Waals surface area contributed by atoms with Crippen molar-refractivity contribution in [2.45, 2.75) is 51.0 Å². The summed E-state index contributed by atoms with van der Waals surface area (Å²) in [7, 11) is 0. The zero-order chi connectivity index (χ0) is 20.5. The highest BCUT2D eigenvalue weighted by Gasteiger charge is 2.42. The molecule has 1 N–H and O–H groups in total. The number of aliphatic carboxylic acids is 1. The van der Waals surface area contributed by atoms with Crippen LogP contribution in [0, 0.1) is 11.8 Å². The number of fused-ring (bicyclic) bond motifs is 1. The van der Waals surface area contributed by atoms with Crippen molar-refractivity contribution in [2.75, 3.05) is 13.1 Å². The van der Waals surface area contributed by atoms with E-state index in [2.05, 4.69) is 0 Å². The number of rotatable bonds is 4. The van der Waals surface area contributed by atoms with E-state index in [-0.39, 0.29) is 30.3 Å². The van der Waals surface area contributed by atoms with Crippen LogP contribution in [0.15, 0.2) is 24.3 Å². The molecule has 1 aromatic rings. The van der Waals surface area contributed by atoms with E-state index in [0.717, 1.165) is 25.7 Å². The summed E-state index contributed by atoms with van der Waals surface area (Å²) in [6.07, 6.45) is 5.30. The minimum absolute atomic E-state index is 0.126. The fourth-order valence-corrected chi connectivity index (χ4v) is 5.03. The van der Waals surface area contributed by atoms with Crippen molar-refractivity contribution < 1.29 is 24.3 Å². The number of carbonyl (C=O) groups excluding carboxylic acids is 3. The highest BCUT2D eigenvalue weighted by atomic mass is 16.4. The normalized spacial score (nSPS) is 27.1. The number of piperidine rings is 1. The number of likely N-dealkylation sites (tertiary alicyclic amines) is 1. The molecule has 3 unspecified atom stereocenters. The van der Waals surface area contributed by atoms with Gasteiger partial charge in [0.2, 0.25) is 5.91 Å². The maximum absolute atomic E-state index is 13.3. The summed E-state index contributed by atoms with van der Waals surface area (Å²) in [6, 6.07) is 6.52. The van der Waals surface area contributed by atoms with E-state index in [1.165, 1.54) is 4.90 Å². The van der Waals surface area contributed by atoms with E-state index < -0.39 is 17.8 Å². The van der Waals surface area contributed by atoms with Crippen molar-refractivity contribution in [1.82, 2.24) is 9.80 Å². The van der Waals surface area contributed by atoms with Gasteiger partial charge in [-0.2, -0.15) is 0 Å². The number of imide groups is 1. The summed E-state index contributed by atoms with van der Waals surface area (Å²) in [5.41, 5.74) is 0.814. The first-order chi connectivity index (χ1) is 14.0. The molecule has 0 aromatic heterocycles. The zero-order valence-corrected chi connectivity index (χ0v) is 16.4. The Hall–Kier alpha value is -2.70. The van der Waals surface area contributed by atoms with Crippen LogP contribution in [0.5, 0.6) is 0 Å².